The highest BCUT2D eigenvalue weighted by Gasteiger charge is 2.43. The second-order valence-corrected chi connectivity index (χ2v) is 6.75. The van der Waals surface area contributed by atoms with Gasteiger partial charge in [0.25, 0.3) is 5.91 Å². The van der Waals surface area contributed by atoms with E-state index >= 15 is 0 Å². The summed E-state index contributed by atoms with van der Waals surface area (Å²) in [7, 11) is 0. The fraction of sp³-hybridized carbons (Fsp3) is 0.474. The van der Waals surface area contributed by atoms with Gasteiger partial charge in [-0.05, 0) is 18.6 Å². The number of imidazole rings is 1. The highest BCUT2D eigenvalue weighted by atomic mass is 16.5. The number of aryl methyl sites for hydroxylation is 1. The summed E-state index contributed by atoms with van der Waals surface area (Å²) in [5.41, 5.74) is 0.958. The summed E-state index contributed by atoms with van der Waals surface area (Å²) in [5, 5.41) is 0. The van der Waals surface area contributed by atoms with Gasteiger partial charge in [0.1, 0.15) is 12.4 Å². The number of carbonyl (C=O) groups excluding carboxylic acids is 1. The van der Waals surface area contributed by atoms with Gasteiger partial charge >= 0.3 is 0 Å². The molecule has 0 saturated carbocycles. The van der Waals surface area contributed by atoms with Crippen molar-refractivity contribution in [1.29, 1.82) is 0 Å². The number of para-hydroxylation sites is 1. The Kier molecular flexibility index (Phi) is 4.55. The van der Waals surface area contributed by atoms with Crippen LogP contribution in [0.3, 0.4) is 0 Å². The highest BCUT2D eigenvalue weighted by molar-refractivity contribution is 5.95. The van der Waals surface area contributed by atoms with Crippen LogP contribution in [0.15, 0.2) is 42.7 Å². The number of morpholine rings is 1. The van der Waals surface area contributed by atoms with E-state index in [0.717, 1.165) is 44.1 Å². The molecule has 6 heteroatoms. The molecule has 25 heavy (non-hydrogen) atoms. The molecule has 0 unspecified atom stereocenters. The molecule has 1 aromatic heterocycles. The molecule has 1 aromatic carbocycles. The van der Waals surface area contributed by atoms with Crippen LogP contribution in [0, 0.1) is 0 Å². The molecule has 2 saturated heterocycles. The Morgan fingerprint density at radius 3 is 2.88 bits per heavy atom. The molecule has 0 N–H and O–H groups in total. The first kappa shape index (κ1) is 16.3. The normalized spacial score (nSPS) is 23.9. The zero-order valence-corrected chi connectivity index (χ0v) is 14.5. The third kappa shape index (κ3) is 3.19. The van der Waals surface area contributed by atoms with Crippen molar-refractivity contribution in [1.82, 2.24) is 14.5 Å². The smallest absolute Gasteiger partial charge is 0.253 e. The number of fused-ring (bicyclic) bond motifs is 1. The molecule has 0 bridgehead atoms. The standard InChI is InChI=1S/C19H24N4O2/c1-2-9-22-10-8-20-18(22)13-21-11-16-17(12-21)25-14-19(24)23(16)15-6-4-3-5-7-15/h3-8,10,16-17H,2,9,11-14H2,1H3/t16-,17-/m0/s1. The van der Waals surface area contributed by atoms with E-state index in [0.29, 0.717) is 0 Å². The molecule has 0 aliphatic carbocycles. The number of anilines is 1. The van der Waals surface area contributed by atoms with E-state index in [-0.39, 0.29) is 24.7 Å². The fourth-order valence-electron chi connectivity index (χ4n) is 3.87. The molecule has 0 radical (unpaired) electrons. The van der Waals surface area contributed by atoms with Gasteiger partial charge in [0.05, 0.1) is 18.7 Å². The second-order valence-electron chi connectivity index (χ2n) is 6.75. The summed E-state index contributed by atoms with van der Waals surface area (Å²) < 4.78 is 8.04. The van der Waals surface area contributed by atoms with Crippen molar-refractivity contribution >= 4 is 11.6 Å². The Balaban J connectivity index is 1.51. The van der Waals surface area contributed by atoms with Crippen LogP contribution < -0.4 is 4.90 Å². The average Bonchev–Trinajstić information content (AvgIpc) is 3.23. The van der Waals surface area contributed by atoms with Crippen molar-refractivity contribution < 1.29 is 9.53 Å². The number of likely N-dealkylation sites (tertiary alicyclic amines) is 1. The van der Waals surface area contributed by atoms with Gasteiger partial charge in [0.15, 0.2) is 0 Å². The van der Waals surface area contributed by atoms with E-state index in [1.54, 1.807) is 0 Å². The minimum Gasteiger partial charge on any atom is -0.365 e. The van der Waals surface area contributed by atoms with E-state index < -0.39 is 0 Å². The van der Waals surface area contributed by atoms with Crippen LogP contribution in [0.4, 0.5) is 5.69 Å². The van der Waals surface area contributed by atoms with Crippen LogP contribution in [0.2, 0.25) is 0 Å². The molecule has 2 aromatic rings. The largest absolute Gasteiger partial charge is 0.365 e. The van der Waals surface area contributed by atoms with Gasteiger partial charge in [-0.3, -0.25) is 9.69 Å². The van der Waals surface area contributed by atoms with Crippen molar-refractivity contribution in [2.24, 2.45) is 0 Å². The zero-order chi connectivity index (χ0) is 17.2. The SMILES string of the molecule is CCCn1ccnc1CN1C[C@@H]2OCC(=O)N(c3ccccc3)[C@H]2C1. The van der Waals surface area contributed by atoms with E-state index in [1.807, 2.05) is 47.6 Å². The number of carbonyl (C=O) groups is 1. The van der Waals surface area contributed by atoms with E-state index in [9.17, 15) is 4.79 Å². The zero-order valence-electron chi connectivity index (χ0n) is 14.5. The van der Waals surface area contributed by atoms with Crippen molar-refractivity contribution in [2.75, 3.05) is 24.6 Å². The molecular formula is C19H24N4O2. The molecule has 0 spiro atoms. The van der Waals surface area contributed by atoms with Crippen molar-refractivity contribution in [2.45, 2.75) is 38.6 Å². The maximum absolute atomic E-state index is 12.5. The molecule has 2 atom stereocenters. The number of ether oxygens (including phenoxy) is 1. The molecule has 2 fully saturated rings. The van der Waals surface area contributed by atoms with Gasteiger partial charge in [0, 0.05) is 37.7 Å². The molecule has 6 nitrogen and oxygen atoms in total. The monoisotopic (exact) mass is 340 g/mol. The molecule has 1 amide bonds. The van der Waals surface area contributed by atoms with Crippen LogP contribution in [-0.4, -0.2) is 52.2 Å². The van der Waals surface area contributed by atoms with Crippen LogP contribution in [-0.2, 0) is 22.6 Å². The lowest BCUT2D eigenvalue weighted by atomic mass is 10.1. The molecule has 4 rings (SSSR count). The van der Waals surface area contributed by atoms with E-state index in [4.69, 9.17) is 4.74 Å². The third-order valence-corrected chi connectivity index (χ3v) is 5.00. The lowest BCUT2D eigenvalue weighted by Crippen LogP contribution is -2.54. The molecule has 3 heterocycles. The first-order chi connectivity index (χ1) is 12.3. The van der Waals surface area contributed by atoms with Crippen molar-refractivity contribution in [3.8, 4) is 0 Å². The summed E-state index contributed by atoms with van der Waals surface area (Å²) in [4.78, 5) is 21.2. The van der Waals surface area contributed by atoms with Crippen LogP contribution >= 0.6 is 0 Å². The Morgan fingerprint density at radius 2 is 2.08 bits per heavy atom. The summed E-state index contributed by atoms with van der Waals surface area (Å²) in [6.07, 6.45) is 5.06. The first-order valence-corrected chi connectivity index (χ1v) is 8.97. The quantitative estimate of drug-likeness (QED) is 0.834. The number of rotatable bonds is 5. The van der Waals surface area contributed by atoms with Crippen molar-refractivity contribution in [3.63, 3.8) is 0 Å². The van der Waals surface area contributed by atoms with Gasteiger partial charge in [-0.25, -0.2) is 4.98 Å². The topological polar surface area (TPSA) is 50.6 Å². The summed E-state index contributed by atoms with van der Waals surface area (Å²) in [6, 6.07) is 9.98. The highest BCUT2D eigenvalue weighted by Crippen LogP contribution is 2.29. The molecule has 2 aliphatic rings. The summed E-state index contributed by atoms with van der Waals surface area (Å²) >= 11 is 0. The third-order valence-electron chi connectivity index (χ3n) is 5.00. The number of nitrogens with zero attached hydrogens (tertiary/aromatic N) is 4. The van der Waals surface area contributed by atoms with Crippen LogP contribution in [0.25, 0.3) is 0 Å². The molecule has 2 aliphatic heterocycles. The van der Waals surface area contributed by atoms with Gasteiger partial charge in [-0.2, -0.15) is 0 Å². The van der Waals surface area contributed by atoms with Gasteiger partial charge in [0.2, 0.25) is 0 Å². The van der Waals surface area contributed by atoms with Gasteiger partial charge < -0.3 is 14.2 Å². The van der Waals surface area contributed by atoms with Gasteiger partial charge in [-0.1, -0.05) is 25.1 Å². The molecule has 132 valence electrons. The fourth-order valence-corrected chi connectivity index (χ4v) is 3.87. The first-order valence-electron chi connectivity index (χ1n) is 8.97. The Bertz CT molecular complexity index is 730. The number of hydrogen-bond acceptors (Lipinski definition) is 4. The second kappa shape index (κ2) is 6.98. The Morgan fingerprint density at radius 1 is 1.24 bits per heavy atom. The summed E-state index contributed by atoms with van der Waals surface area (Å²) in [6.45, 7) is 5.76. The predicted octanol–water partition coefficient (Wildman–Crippen LogP) is 1.91. The lowest BCUT2D eigenvalue weighted by molar-refractivity contribution is -0.130. The maximum atomic E-state index is 12.5. The van der Waals surface area contributed by atoms with Crippen LogP contribution in [0.5, 0.6) is 0 Å². The van der Waals surface area contributed by atoms with Crippen LogP contribution in [0.1, 0.15) is 19.2 Å². The molecular weight excluding hydrogens is 316 g/mol. The minimum absolute atomic E-state index is 0.0433. The number of benzene rings is 1. The summed E-state index contributed by atoms with van der Waals surface area (Å²) in [5.74, 6) is 1.12. The lowest BCUT2D eigenvalue weighted by Gasteiger charge is -2.36. The van der Waals surface area contributed by atoms with Gasteiger partial charge in [-0.15, -0.1) is 0 Å². The number of aromatic nitrogens is 2. The van der Waals surface area contributed by atoms with E-state index in [1.165, 1.54) is 0 Å². The maximum Gasteiger partial charge on any atom is 0.253 e. The predicted molar refractivity (Wildman–Crippen MR) is 95.3 cm³/mol. The Hall–Kier alpha value is -2.18. The average molecular weight is 340 g/mol. The van der Waals surface area contributed by atoms with E-state index in [2.05, 4.69) is 21.4 Å². The number of hydrogen-bond donors (Lipinski definition) is 0. The number of amides is 1. The van der Waals surface area contributed by atoms with Crippen molar-refractivity contribution in [3.05, 3.63) is 48.5 Å². The Labute approximate surface area is 148 Å². The minimum atomic E-state index is 0.0433.